The summed E-state index contributed by atoms with van der Waals surface area (Å²) in [6.45, 7) is 1.94. The lowest BCUT2D eigenvalue weighted by molar-refractivity contribution is 0.473. The van der Waals surface area contributed by atoms with Crippen LogP contribution in [0.4, 0.5) is 4.39 Å². The van der Waals surface area contributed by atoms with Gasteiger partial charge < -0.3 is 4.74 Å². The predicted molar refractivity (Wildman–Crippen MR) is 83.0 cm³/mol. The second kappa shape index (κ2) is 6.25. The molecule has 0 bridgehead atoms. The molecule has 0 spiro atoms. The highest BCUT2D eigenvalue weighted by molar-refractivity contribution is 9.10. The molecule has 2 aromatic carbocycles. The van der Waals surface area contributed by atoms with E-state index in [0.717, 1.165) is 16.5 Å². The van der Waals surface area contributed by atoms with Crippen molar-refractivity contribution in [1.82, 2.24) is 0 Å². The van der Waals surface area contributed by atoms with E-state index in [-0.39, 0.29) is 0 Å². The monoisotopic (exact) mass is 406 g/mol. The Balaban J connectivity index is 2.33. The third kappa shape index (κ3) is 3.50. The van der Waals surface area contributed by atoms with E-state index >= 15 is 0 Å². The molecule has 0 aromatic heterocycles. The van der Waals surface area contributed by atoms with Crippen molar-refractivity contribution < 1.29 is 9.13 Å². The van der Waals surface area contributed by atoms with Crippen LogP contribution in [0.5, 0.6) is 11.5 Å². The maximum absolute atomic E-state index is 13.5. The quantitative estimate of drug-likeness (QED) is 0.432. The zero-order valence-electron chi connectivity index (χ0n) is 10.0. The van der Waals surface area contributed by atoms with Crippen molar-refractivity contribution in [2.45, 2.75) is 12.3 Å². The van der Waals surface area contributed by atoms with Crippen LogP contribution in [0.2, 0.25) is 5.02 Å². The van der Waals surface area contributed by atoms with Crippen LogP contribution in [-0.4, -0.2) is 0 Å². The minimum atomic E-state index is -0.408. The number of halogens is 4. The molecule has 2 aromatic rings. The summed E-state index contributed by atoms with van der Waals surface area (Å²) in [6, 6.07) is 8.55. The molecule has 0 aliphatic rings. The van der Waals surface area contributed by atoms with E-state index in [2.05, 4.69) is 31.9 Å². The largest absolute Gasteiger partial charge is 0.455 e. The fraction of sp³-hybridized carbons (Fsp3) is 0.143. The van der Waals surface area contributed by atoms with Gasteiger partial charge in [0.05, 0.1) is 9.50 Å². The highest BCUT2D eigenvalue weighted by Crippen LogP contribution is 2.35. The normalized spacial score (nSPS) is 10.6. The van der Waals surface area contributed by atoms with Gasteiger partial charge in [-0.1, -0.05) is 39.7 Å². The minimum absolute atomic E-state index is 0.303. The summed E-state index contributed by atoms with van der Waals surface area (Å²) in [4.78, 5) is 0. The lowest BCUT2D eigenvalue weighted by Crippen LogP contribution is -1.91. The molecule has 1 nitrogen and oxygen atoms in total. The lowest BCUT2D eigenvalue weighted by atomic mass is 10.1. The van der Waals surface area contributed by atoms with Crippen LogP contribution >= 0.6 is 43.5 Å². The number of ether oxygens (including phenoxy) is 1. The molecule has 0 aliphatic heterocycles. The molecule has 0 radical (unpaired) electrons. The SMILES string of the molecule is Cc1cc(CBr)ccc1Oc1cc(F)c(Br)cc1Cl. The summed E-state index contributed by atoms with van der Waals surface area (Å²) in [5.74, 6) is 0.555. The standard InChI is InChI=1S/C14H10Br2ClFO/c1-8-4-9(7-15)2-3-13(8)19-14-6-12(18)10(16)5-11(14)17/h2-6H,7H2,1H3. The van der Waals surface area contributed by atoms with Gasteiger partial charge in [0.25, 0.3) is 0 Å². The molecule has 0 saturated carbocycles. The van der Waals surface area contributed by atoms with E-state index in [1.165, 1.54) is 12.1 Å². The van der Waals surface area contributed by atoms with Gasteiger partial charge >= 0.3 is 0 Å². The molecule has 19 heavy (non-hydrogen) atoms. The number of aryl methyl sites for hydroxylation is 1. The number of rotatable bonds is 3. The van der Waals surface area contributed by atoms with Crippen LogP contribution in [0.25, 0.3) is 0 Å². The highest BCUT2D eigenvalue weighted by Gasteiger charge is 2.10. The van der Waals surface area contributed by atoms with Gasteiger partial charge in [-0.2, -0.15) is 0 Å². The molecule has 0 N–H and O–H groups in total. The van der Waals surface area contributed by atoms with Crippen molar-refractivity contribution in [1.29, 1.82) is 0 Å². The van der Waals surface area contributed by atoms with Gasteiger partial charge in [-0.05, 0) is 46.1 Å². The topological polar surface area (TPSA) is 9.23 Å². The van der Waals surface area contributed by atoms with Crippen LogP contribution < -0.4 is 4.74 Å². The van der Waals surface area contributed by atoms with Crippen LogP contribution in [0.1, 0.15) is 11.1 Å². The molecule has 100 valence electrons. The number of hydrogen-bond acceptors (Lipinski definition) is 1. The van der Waals surface area contributed by atoms with E-state index in [1.807, 2.05) is 25.1 Å². The third-order valence-corrected chi connectivity index (χ3v) is 4.14. The molecular formula is C14H10Br2ClFO. The summed E-state index contributed by atoms with van der Waals surface area (Å²) in [5, 5.41) is 1.14. The van der Waals surface area contributed by atoms with Gasteiger partial charge in [0, 0.05) is 11.4 Å². The van der Waals surface area contributed by atoms with E-state index in [0.29, 0.717) is 21.0 Å². The van der Waals surface area contributed by atoms with Gasteiger partial charge in [-0.15, -0.1) is 0 Å². The van der Waals surface area contributed by atoms with E-state index in [9.17, 15) is 4.39 Å². The number of benzene rings is 2. The Morgan fingerprint density at radius 1 is 1.21 bits per heavy atom. The highest BCUT2D eigenvalue weighted by atomic mass is 79.9. The lowest BCUT2D eigenvalue weighted by Gasteiger charge is -2.11. The van der Waals surface area contributed by atoms with Crippen molar-refractivity contribution in [2.75, 3.05) is 0 Å². The molecule has 0 fully saturated rings. The third-order valence-electron chi connectivity index (χ3n) is 2.59. The first-order valence-corrected chi connectivity index (χ1v) is 7.78. The van der Waals surface area contributed by atoms with Crippen LogP contribution in [0.15, 0.2) is 34.8 Å². The number of alkyl halides is 1. The fourth-order valence-electron chi connectivity index (χ4n) is 1.61. The van der Waals surface area contributed by atoms with Crippen molar-refractivity contribution in [3.63, 3.8) is 0 Å². The Hall–Kier alpha value is -0.580. The molecule has 5 heteroatoms. The molecular weight excluding hydrogens is 398 g/mol. The van der Waals surface area contributed by atoms with Gasteiger partial charge in [0.2, 0.25) is 0 Å². The van der Waals surface area contributed by atoms with Crippen molar-refractivity contribution in [2.24, 2.45) is 0 Å². The first-order chi connectivity index (χ1) is 9.01. The summed E-state index contributed by atoms with van der Waals surface area (Å²) in [6.07, 6.45) is 0. The Bertz CT molecular complexity index is 617. The van der Waals surface area contributed by atoms with Gasteiger partial charge in [-0.3, -0.25) is 0 Å². The maximum Gasteiger partial charge on any atom is 0.149 e. The van der Waals surface area contributed by atoms with Crippen LogP contribution in [0, 0.1) is 12.7 Å². The molecule has 0 heterocycles. The molecule has 0 atom stereocenters. The Morgan fingerprint density at radius 3 is 2.58 bits per heavy atom. The summed E-state index contributed by atoms with van der Waals surface area (Å²) >= 11 is 12.5. The van der Waals surface area contributed by atoms with E-state index in [1.54, 1.807) is 0 Å². The zero-order valence-corrected chi connectivity index (χ0v) is 13.9. The average molecular weight is 408 g/mol. The Labute approximate surface area is 133 Å². The smallest absolute Gasteiger partial charge is 0.149 e. The average Bonchev–Trinajstić information content (AvgIpc) is 2.38. The molecule has 2 rings (SSSR count). The van der Waals surface area contributed by atoms with Crippen LogP contribution in [-0.2, 0) is 5.33 Å². The predicted octanol–water partition coefficient (Wildman–Crippen LogP) is 6.24. The molecule has 0 aliphatic carbocycles. The van der Waals surface area contributed by atoms with Gasteiger partial charge in [0.15, 0.2) is 0 Å². The first kappa shape index (κ1) is 14.8. The van der Waals surface area contributed by atoms with Crippen molar-refractivity contribution in [3.05, 3.63) is 56.8 Å². The maximum atomic E-state index is 13.5. The summed E-state index contributed by atoms with van der Waals surface area (Å²) < 4.78 is 19.5. The summed E-state index contributed by atoms with van der Waals surface area (Å²) in [5.41, 5.74) is 2.12. The van der Waals surface area contributed by atoms with E-state index < -0.39 is 5.82 Å². The fourth-order valence-corrected chi connectivity index (χ4v) is 2.64. The summed E-state index contributed by atoms with van der Waals surface area (Å²) in [7, 11) is 0. The second-order valence-corrected chi connectivity index (χ2v) is 5.85. The molecule has 0 unspecified atom stereocenters. The van der Waals surface area contributed by atoms with Crippen molar-refractivity contribution in [3.8, 4) is 11.5 Å². The zero-order chi connectivity index (χ0) is 14.0. The van der Waals surface area contributed by atoms with Gasteiger partial charge in [-0.25, -0.2) is 4.39 Å². The van der Waals surface area contributed by atoms with Gasteiger partial charge in [0.1, 0.15) is 17.3 Å². The van der Waals surface area contributed by atoms with Crippen molar-refractivity contribution >= 4 is 43.5 Å². The van der Waals surface area contributed by atoms with Crippen LogP contribution in [0.3, 0.4) is 0 Å². The Morgan fingerprint density at radius 2 is 1.95 bits per heavy atom. The first-order valence-electron chi connectivity index (χ1n) is 5.49. The number of hydrogen-bond donors (Lipinski definition) is 0. The molecule has 0 amide bonds. The molecule has 0 saturated heterocycles. The Kier molecular flexibility index (Phi) is 4.87. The van der Waals surface area contributed by atoms with E-state index in [4.69, 9.17) is 16.3 Å². The minimum Gasteiger partial charge on any atom is -0.455 e. The second-order valence-electron chi connectivity index (χ2n) is 4.03.